The van der Waals surface area contributed by atoms with Crippen LogP contribution in [-0.4, -0.2) is 66.3 Å². The number of aliphatic hydroxyl groups excluding tert-OH is 2. The van der Waals surface area contributed by atoms with Crippen LogP contribution in [-0.2, 0) is 27.9 Å². The molecule has 250 valence electrons. The summed E-state index contributed by atoms with van der Waals surface area (Å²) in [5.74, 6) is -0.389. The fourth-order valence-electron chi connectivity index (χ4n) is 4.33. The zero-order valence-corrected chi connectivity index (χ0v) is 27.6. The Morgan fingerprint density at radius 3 is 1.86 bits per heavy atom. The molecule has 9 nitrogen and oxygen atoms in total. The Morgan fingerprint density at radius 1 is 0.714 bits per heavy atom. The van der Waals surface area contributed by atoms with Crippen molar-refractivity contribution in [3.05, 3.63) is 12.2 Å². The Labute approximate surface area is 256 Å². The topological polar surface area (TPSA) is 132 Å². The van der Waals surface area contributed by atoms with Crippen LogP contribution in [0.3, 0.4) is 0 Å². The second-order valence-corrected chi connectivity index (χ2v) is 12.6. The van der Waals surface area contributed by atoms with Crippen molar-refractivity contribution in [2.24, 2.45) is 0 Å². The highest BCUT2D eigenvalue weighted by Gasteiger charge is 2.26. The number of unbranched alkanes of at least 4 members (excludes halogenated alkanes) is 16. The number of ether oxygens (including phenoxy) is 2. The molecule has 0 aromatic rings. The summed E-state index contributed by atoms with van der Waals surface area (Å²) >= 11 is 0. The summed E-state index contributed by atoms with van der Waals surface area (Å²) in [6.07, 6.45) is 24.6. The maximum atomic E-state index is 12.4. The van der Waals surface area contributed by atoms with E-state index in [0.29, 0.717) is 6.61 Å². The molecule has 0 bridgehead atoms. The fourth-order valence-corrected chi connectivity index (χ4v) is 5.12. The molecule has 0 aromatic heterocycles. The van der Waals surface area contributed by atoms with Crippen molar-refractivity contribution in [2.75, 3.05) is 33.0 Å². The molecule has 0 spiro atoms. The van der Waals surface area contributed by atoms with Crippen LogP contribution < -0.4 is 0 Å². The highest BCUT2D eigenvalue weighted by atomic mass is 31.2. The molecule has 3 N–H and O–H groups in total. The summed E-state index contributed by atoms with van der Waals surface area (Å²) in [7, 11) is -4.50. The highest BCUT2D eigenvalue weighted by Crippen LogP contribution is 2.43. The summed E-state index contributed by atoms with van der Waals surface area (Å²) in [5.41, 5.74) is 0. The number of hydrogen-bond acceptors (Lipinski definition) is 8. The lowest BCUT2D eigenvalue weighted by atomic mass is 10.1. The number of rotatable bonds is 32. The van der Waals surface area contributed by atoms with Gasteiger partial charge in [0.1, 0.15) is 12.2 Å². The average Bonchev–Trinajstić information content (AvgIpc) is 2.97. The van der Waals surface area contributed by atoms with Gasteiger partial charge in [-0.05, 0) is 32.1 Å². The van der Waals surface area contributed by atoms with E-state index < -0.39 is 33.2 Å². The fraction of sp³-hybridized carbons (Fsp3) is 0.906. The maximum Gasteiger partial charge on any atom is 0.472 e. The quantitative estimate of drug-likeness (QED) is 0.0297. The molecule has 3 unspecified atom stereocenters. The zero-order chi connectivity index (χ0) is 31.2. The van der Waals surface area contributed by atoms with Gasteiger partial charge in [-0.25, -0.2) is 4.57 Å². The van der Waals surface area contributed by atoms with Crippen molar-refractivity contribution in [1.29, 1.82) is 0 Å². The van der Waals surface area contributed by atoms with Crippen LogP contribution in [0.5, 0.6) is 0 Å². The molecular weight excluding hydrogens is 559 g/mol. The first kappa shape index (κ1) is 41.2. The van der Waals surface area contributed by atoms with Gasteiger partial charge in [0.15, 0.2) is 0 Å². The molecule has 0 radical (unpaired) electrons. The molecule has 0 saturated heterocycles. The predicted molar refractivity (Wildman–Crippen MR) is 168 cm³/mol. The van der Waals surface area contributed by atoms with Gasteiger partial charge in [-0.15, -0.1) is 0 Å². The van der Waals surface area contributed by atoms with E-state index in [9.17, 15) is 19.4 Å². The number of esters is 1. The number of phosphoric ester groups is 1. The first-order valence-corrected chi connectivity index (χ1v) is 18.2. The molecule has 0 aliphatic carbocycles. The number of allylic oxidation sites excluding steroid dienone is 2. The van der Waals surface area contributed by atoms with E-state index in [-0.39, 0.29) is 25.6 Å². The molecule has 0 rings (SSSR count). The second kappa shape index (κ2) is 30.2. The van der Waals surface area contributed by atoms with Gasteiger partial charge < -0.3 is 24.6 Å². The van der Waals surface area contributed by atoms with Crippen LogP contribution in [0.25, 0.3) is 0 Å². The Morgan fingerprint density at radius 2 is 1.24 bits per heavy atom. The molecule has 42 heavy (non-hydrogen) atoms. The molecule has 0 aliphatic heterocycles. The smallest absolute Gasteiger partial charge is 0.457 e. The van der Waals surface area contributed by atoms with Crippen LogP contribution in [0.15, 0.2) is 12.2 Å². The molecule has 0 heterocycles. The summed E-state index contributed by atoms with van der Waals surface area (Å²) < 4.78 is 33.0. The van der Waals surface area contributed by atoms with Crippen LogP contribution >= 0.6 is 7.82 Å². The van der Waals surface area contributed by atoms with Gasteiger partial charge in [-0.1, -0.05) is 116 Å². The number of carbonyl (C=O) groups excluding carboxylic acids is 1. The van der Waals surface area contributed by atoms with Crippen LogP contribution in [0.4, 0.5) is 0 Å². The Kier molecular flexibility index (Phi) is 29.7. The maximum absolute atomic E-state index is 12.4. The average molecular weight is 623 g/mol. The predicted octanol–water partition coefficient (Wildman–Crippen LogP) is 7.80. The highest BCUT2D eigenvalue weighted by molar-refractivity contribution is 7.47. The monoisotopic (exact) mass is 622 g/mol. The third-order valence-electron chi connectivity index (χ3n) is 6.95. The van der Waals surface area contributed by atoms with Crippen LogP contribution in [0.1, 0.15) is 142 Å². The van der Waals surface area contributed by atoms with E-state index in [2.05, 4.69) is 26.0 Å². The third-order valence-corrected chi connectivity index (χ3v) is 7.90. The molecule has 0 saturated carbocycles. The molecule has 0 aromatic carbocycles. The zero-order valence-electron chi connectivity index (χ0n) is 26.7. The van der Waals surface area contributed by atoms with Gasteiger partial charge in [0.2, 0.25) is 0 Å². The molecule has 0 amide bonds. The summed E-state index contributed by atoms with van der Waals surface area (Å²) in [6, 6.07) is 0. The lowest BCUT2D eigenvalue weighted by Gasteiger charge is -2.20. The number of phosphoric acid groups is 1. The molecule has 10 heteroatoms. The minimum Gasteiger partial charge on any atom is -0.457 e. The largest absolute Gasteiger partial charge is 0.472 e. The van der Waals surface area contributed by atoms with Crippen molar-refractivity contribution in [2.45, 2.75) is 154 Å². The number of carbonyl (C=O) groups is 1. The van der Waals surface area contributed by atoms with Crippen molar-refractivity contribution in [1.82, 2.24) is 0 Å². The second-order valence-electron chi connectivity index (χ2n) is 11.2. The molecule has 0 fully saturated rings. The van der Waals surface area contributed by atoms with Crippen molar-refractivity contribution < 1.29 is 43.0 Å². The lowest BCUT2D eigenvalue weighted by Crippen LogP contribution is -2.29. The molecule has 0 aliphatic rings. The van der Waals surface area contributed by atoms with E-state index in [4.69, 9.17) is 23.6 Å². The van der Waals surface area contributed by atoms with Gasteiger partial charge in [0, 0.05) is 13.0 Å². The van der Waals surface area contributed by atoms with Gasteiger partial charge >= 0.3 is 13.8 Å². The Bertz CT molecular complexity index is 674. The van der Waals surface area contributed by atoms with Gasteiger partial charge in [0.05, 0.1) is 26.4 Å². The summed E-state index contributed by atoms with van der Waals surface area (Å²) in [6.45, 7) is 3.43. The van der Waals surface area contributed by atoms with E-state index in [1.807, 2.05) is 0 Å². The van der Waals surface area contributed by atoms with E-state index in [0.717, 1.165) is 44.9 Å². The van der Waals surface area contributed by atoms with E-state index >= 15 is 0 Å². The number of hydrogen-bond donors (Lipinski definition) is 3. The van der Waals surface area contributed by atoms with Gasteiger partial charge in [0.25, 0.3) is 0 Å². The van der Waals surface area contributed by atoms with Crippen molar-refractivity contribution in [3.8, 4) is 0 Å². The van der Waals surface area contributed by atoms with Crippen LogP contribution in [0, 0.1) is 0 Å². The third kappa shape index (κ3) is 29.3. The molecule has 3 atom stereocenters. The van der Waals surface area contributed by atoms with Crippen molar-refractivity contribution in [3.63, 3.8) is 0 Å². The number of aliphatic hydroxyl groups is 2. The minimum atomic E-state index is -4.50. The van der Waals surface area contributed by atoms with Crippen molar-refractivity contribution >= 4 is 13.8 Å². The molecular formula is C32H63O9P. The van der Waals surface area contributed by atoms with Crippen LogP contribution in [0.2, 0.25) is 0 Å². The first-order chi connectivity index (χ1) is 20.3. The Hall–Kier alpha value is -0.800. The van der Waals surface area contributed by atoms with Gasteiger partial charge in [-0.3, -0.25) is 13.8 Å². The first-order valence-electron chi connectivity index (χ1n) is 16.7. The van der Waals surface area contributed by atoms with E-state index in [1.165, 1.54) is 77.0 Å². The summed E-state index contributed by atoms with van der Waals surface area (Å²) in [5, 5.41) is 18.2. The SMILES string of the molecule is CCCC/C=C\CCCCCCCCOCC(COP(=O)(O)OCC(O)CO)OC(=O)CCCCCCCCCCC. The normalized spacial score (nSPS) is 14.7. The minimum absolute atomic E-state index is 0.0487. The van der Waals surface area contributed by atoms with E-state index in [1.54, 1.807) is 0 Å². The standard InChI is InChI=1S/C32H63O9P/c1-3-5-7-9-11-13-14-15-17-19-21-23-25-38-28-31(29-40-42(36,37)39-27-30(34)26-33)41-32(35)24-22-20-18-16-12-10-8-6-4-2/h9,11,30-31,33-34H,3-8,10,12-29H2,1-2H3,(H,36,37)/b11-9-. The Balaban J connectivity index is 4.29. The lowest BCUT2D eigenvalue weighted by molar-refractivity contribution is -0.154. The van der Waals surface area contributed by atoms with Gasteiger partial charge in [-0.2, -0.15) is 0 Å². The summed E-state index contributed by atoms with van der Waals surface area (Å²) in [4.78, 5) is 22.3.